The molecule has 1 amide bonds. The van der Waals surface area contributed by atoms with Crippen molar-refractivity contribution in [2.75, 3.05) is 0 Å². The van der Waals surface area contributed by atoms with Gasteiger partial charge in [-0.2, -0.15) is 0 Å². The molecule has 6 heteroatoms. The highest BCUT2D eigenvalue weighted by Crippen LogP contribution is 2.39. The molecule has 0 aliphatic heterocycles. The van der Waals surface area contributed by atoms with E-state index in [4.69, 9.17) is 34.8 Å². The number of alkyl halides is 3. The Morgan fingerprint density at radius 1 is 0.957 bits per heavy atom. The van der Waals surface area contributed by atoms with Crippen LogP contribution in [0, 0.1) is 13.8 Å². The molecule has 1 atom stereocenters. The van der Waals surface area contributed by atoms with Crippen LogP contribution in [0.1, 0.15) is 21.5 Å². The average Bonchev–Trinajstić information content (AvgIpc) is 2.48. The monoisotopic (exact) mass is 387 g/mol. The Kier molecular flexibility index (Phi) is 6.26. The van der Waals surface area contributed by atoms with Crippen molar-refractivity contribution >= 4 is 52.5 Å². The summed E-state index contributed by atoms with van der Waals surface area (Å²) in [6.07, 6.45) is 0. The SMILES string of the molecule is Cc1ccc(S[C@H](NC(=O)c2ccc(C)cc2)C(Cl)(Cl)Cl)cc1. The normalized spacial score (nSPS) is 12.7. The van der Waals surface area contributed by atoms with E-state index < -0.39 is 9.17 Å². The third kappa shape index (κ3) is 5.61. The second-order valence-electron chi connectivity index (χ2n) is 5.19. The second kappa shape index (κ2) is 7.80. The van der Waals surface area contributed by atoms with Crippen LogP contribution in [-0.4, -0.2) is 15.1 Å². The number of amides is 1. The van der Waals surface area contributed by atoms with Crippen LogP contribution in [0.3, 0.4) is 0 Å². The number of benzene rings is 2. The Morgan fingerprint density at radius 2 is 1.43 bits per heavy atom. The van der Waals surface area contributed by atoms with E-state index in [2.05, 4.69) is 5.32 Å². The summed E-state index contributed by atoms with van der Waals surface area (Å²) >= 11 is 19.4. The van der Waals surface area contributed by atoms with E-state index in [1.165, 1.54) is 11.8 Å². The molecule has 0 aromatic heterocycles. The summed E-state index contributed by atoms with van der Waals surface area (Å²) in [5.41, 5.74) is 2.75. The predicted molar refractivity (Wildman–Crippen MR) is 99.8 cm³/mol. The number of aryl methyl sites for hydroxylation is 2. The summed E-state index contributed by atoms with van der Waals surface area (Å²) in [7, 11) is 0. The molecule has 0 saturated carbocycles. The number of carbonyl (C=O) groups is 1. The molecule has 23 heavy (non-hydrogen) atoms. The third-order valence-electron chi connectivity index (χ3n) is 3.15. The zero-order chi connectivity index (χ0) is 17.0. The molecule has 2 aromatic rings. The molecule has 0 heterocycles. The van der Waals surface area contributed by atoms with E-state index in [1.54, 1.807) is 12.1 Å². The van der Waals surface area contributed by atoms with Gasteiger partial charge in [-0.15, -0.1) is 0 Å². The molecular weight excluding hydrogens is 373 g/mol. The van der Waals surface area contributed by atoms with E-state index in [0.29, 0.717) is 5.56 Å². The van der Waals surface area contributed by atoms with Crippen LogP contribution in [-0.2, 0) is 0 Å². The van der Waals surface area contributed by atoms with Crippen LogP contribution in [0.25, 0.3) is 0 Å². The van der Waals surface area contributed by atoms with Gasteiger partial charge in [-0.25, -0.2) is 0 Å². The molecule has 2 aromatic carbocycles. The van der Waals surface area contributed by atoms with Gasteiger partial charge in [0.15, 0.2) is 0 Å². The smallest absolute Gasteiger partial charge is 0.252 e. The fourth-order valence-electron chi connectivity index (χ4n) is 1.84. The number of nitrogens with one attached hydrogen (secondary N) is 1. The van der Waals surface area contributed by atoms with Gasteiger partial charge in [0.1, 0.15) is 5.37 Å². The molecule has 0 spiro atoms. The zero-order valence-corrected chi connectivity index (χ0v) is 15.7. The molecule has 122 valence electrons. The Morgan fingerprint density at radius 3 is 1.91 bits per heavy atom. The number of rotatable bonds is 4. The fraction of sp³-hybridized carbons (Fsp3) is 0.235. The maximum Gasteiger partial charge on any atom is 0.252 e. The van der Waals surface area contributed by atoms with Gasteiger partial charge in [-0.1, -0.05) is 82.0 Å². The first kappa shape index (κ1) is 18.5. The maximum atomic E-state index is 12.4. The molecule has 0 fully saturated rings. The average molecular weight is 389 g/mol. The Balaban J connectivity index is 2.14. The van der Waals surface area contributed by atoms with Crippen molar-refractivity contribution in [3.8, 4) is 0 Å². The van der Waals surface area contributed by atoms with Crippen LogP contribution >= 0.6 is 46.6 Å². The van der Waals surface area contributed by atoms with E-state index in [0.717, 1.165) is 16.0 Å². The van der Waals surface area contributed by atoms with Gasteiger partial charge in [0.2, 0.25) is 3.79 Å². The highest BCUT2D eigenvalue weighted by Gasteiger charge is 2.35. The zero-order valence-electron chi connectivity index (χ0n) is 12.6. The summed E-state index contributed by atoms with van der Waals surface area (Å²) in [5, 5.41) is 2.08. The summed E-state index contributed by atoms with van der Waals surface area (Å²) in [6, 6.07) is 15.0. The molecule has 0 saturated heterocycles. The lowest BCUT2D eigenvalue weighted by atomic mass is 10.1. The summed E-state index contributed by atoms with van der Waals surface area (Å²) in [5.74, 6) is -0.277. The molecule has 0 radical (unpaired) electrons. The summed E-state index contributed by atoms with van der Waals surface area (Å²) in [4.78, 5) is 13.3. The van der Waals surface area contributed by atoms with Gasteiger partial charge in [-0.05, 0) is 38.1 Å². The first-order chi connectivity index (χ1) is 10.8. The van der Waals surface area contributed by atoms with Gasteiger partial charge in [0.05, 0.1) is 0 Å². The van der Waals surface area contributed by atoms with Gasteiger partial charge >= 0.3 is 0 Å². The number of halogens is 3. The van der Waals surface area contributed by atoms with E-state index in [-0.39, 0.29) is 5.91 Å². The first-order valence-electron chi connectivity index (χ1n) is 6.93. The van der Waals surface area contributed by atoms with Crippen molar-refractivity contribution in [1.82, 2.24) is 5.32 Å². The molecule has 0 bridgehead atoms. The largest absolute Gasteiger partial charge is 0.336 e. The van der Waals surface area contributed by atoms with Crippen molar-refractivity contribution in [1.29, 1.82) is 0 Å². The van der Waals surface area contributed by atoms with Crippen molar-refractivity contribution in [3.63, 3.8) is 0 Å². The Labute approximate surface area is 155 Å². The van der Waals surface area contributed by atoms with E-state index in [1.807, 2.05) is 50.2 Å². The van der Waals surface area contributed by atoms with Crippen LogP contribution in [0.4, 0.5) is 0 Å². The lowest BCUT2D eigenvalue weighted by Crippen LogP contribution is -2.41. The molecular formula is C17H16Cl3NOS. The van der Waals surface area contributed by atoms with Crippen molar-refractivity contribution in [2.45, 2.75) is 27.9 Å². The number of hydrogen-bond donors (Lipinski definition) is 1. The molecule has 0 aliphatic carbocycles. The lowest BCUT2D eigenvalue weighted by molar-refractivity contribution is 0.0950. The minimum Gasteiger partial charge on any atom is -0.336 e. The highest BCUT2D eigenvalue weighted by atomic mass is 35.6. The standard InChI is InChI=1S/C17H16Cl3NOS/c1-11-3-7-13(8-4-11)15(22)21-16(17(18,19)20)23-14-9-5-12(2)6-10-14/h3-10,16H,1-2H3,(H,21,22)/t16-/m0/s1. The van der Waals surface area contributed by atoms with Crippen LogP contribution in [0.15, 0.2) is 53.4 Å². The minimum absolute atomic E-state index is 0.277. The van der Waals surface area contributed by atoms with Crippen LogP contribution in [0.5, 0.6) is 0 Å². The topological polar surface area (TPSA) is 29.1 Å². The van der Waals surface area contributed by atoms with Gasteiger partial charge in [0, 0.05) is 10.5 Å². The quantitative estimate of drug-likeness (QED) is 0.424. The van der Waals surface area contributed by atoms with Crippen molar-refractivity contribution in [3.05, 3.63) is 65.2 Å². The predicted octanol–water partition coefficient (Wildman–Crippen LogP) is 5.52. The maximum absolute atomic E-state index is 12.4. The molecule has 2 rings (SSSR count). The third-order valence-corrected chi connectivity index (χ3v) is 5.44. The fourth-order valence-corrected chi connectivity index (χ4v) is 3.27. The first-order valence-corrected chi connectivity index (χ1v) is 8.94. The lowest BCUT2D eigenvalue weighted by Gasteiger charge is -2.25. The number of thioether (sulfide) groups is 1. The van der Waals surface area contributed by atoms with Crippen molar-refractivity contribution in [2.24, 2.45) is 0 Å². The van der Waals surface area contributed by atoms with Gasteiger partial charge in [-0.3, -0.25) is 4.79 Å². The molecule has 2 nitrogen and oxygen atoms in total. The molecule has 1 N–H and O–H groups in total. The Hall–Kier alpha value is -0.870. The number of hydrogen-bond acceptors (Lipinski definition) is 2. The van der Waals surface area contributed by atoms with Gasteiger partial charge < -0.3 is 5.32 Å². The molecule has 0 unspecified atom stereocenters. The summed E-state index contributed by atoms with van der Waals surface area (Å²) < 4.78 is -1.63. The number of carbonyl (C=O) groups excluding carboxylic acids is 1. The molecule has 0 aliphatic rings. The minimum atomic E-state index is -1.63. The summed E-state index contributed by atoms with van der Waals surface area (Å²) in [6.45, 7) is 3.96. The van der Waals surface area contributed by atoms with Gasteiger partial charge in [0.25, 0.3) is 5.91 Å². The second-order valence-corrected chi connectivity index (χ2v) is 8.74. The Bertz CT molecular complexity index is 666. The highest BCUT2D eigenvalue weighted by molar-refractivity contribution is 8.00. The van der Waals surface area contributed by atoms with Crippen LogP contribution in [0.2, 0.25) is 0 Å². The van der Waals surface area contributed by atoms with E-state index >= 15 is 0 Å². The van der Waals surface area contributed by atoms with Crippen molar-refractivity contribution < 1.29 is 4.79 Å². The van der Waals surface area contributed by atoms with E-state index in [9.17, 15) is 4.79 Å². The van der Waals surface area contributed by atoms with Crippen LogP contribution < -0.4 is 5.32 Å².